The van der Waals surface area contributed by atoms with Crippen molar-refractivity contribution < 1.29 is 14.4 Å². The molecule has 4 rings (SSSR count). The Balaban J connectivity index is 1.33. The van der Waals surface area contributed by atoms with Gasteiger partial charge in [-0.15, -0.1) is 5.10 Å². The van der Waals surface area contributed by atoms with Gasteiger partial charge in [-0.1, -0.05) is 18.6 Å². The summed E-state index contributed by atoms with van der Waals surface area (Å²) < 4.78 is 0. The largest absolute Gasteiger partial charge is 0.340 e. The minimum Gasteiger partial charge on any atom is -0.340 e. The number of amides is 3. The highest BCUT2D eigenvalue weighted by molar-refractivity contribution is 6.09. The fourth-order valence-electron chi connectivity index (χ4n) is 3.17. The minimum absolute atomic E-state index is 0.0576. The van der Waals surface area contributed by atoms with E-state index in [2.05, 4.69) is 31.1 Å². The zero-order valence-corrected chi connectivity index (χ0v) is 14.6. The van der Waals surface area contributed by atoms with E-state index in [0.717, 1.165) is 18.7 Å². The summed E-state index contributed by atoms with van der Waals surface area (Å²) in [6.07, 6.45) is 3.59. The number of aromatic amines is 1. The van der Waals surface area contributed by atoms with Crippen LogP contribution in [0.5, 0.6) is 0 Å². The Kier molecular flexibility index (Phi) is 4.57. The van der Waals surface area contributed by atoms with Gasteiger partial charge in [0.1, 0.15) is 11.9 Å². The first kappa shape index (κ1) is 17.2. The molecule has 2 aromatic rings. The van der Waals surface area contributed by atoms with Crippen LogP contribution in [-0.2, 0) is 9.59 Å². The van der Waals surface area contributed by atoms with E-state index in [1.54, 1.807) is 24.3 Å². The summed E-state index contributed by atoms with van der Waals surface area (Å²) in [5, 5.41) is 14.9. The van der Waals surface area contributed by atoms with Gasteiger partial charge in [-0.05, 0) is 31.4 Å². The minimum atomic E-state index is -0.784. The highest BCUT2D eigenvalue weighted by Gasteiger charge is 2.28. The van der Waals surface area contributed by atoms with Crippen molar-refractivity contribution in [2.75, 3.05) is 10.6 Å². The van der Waals surface area contributed by atoms with E-state index < -0.39 is 6.04 Å². The molecule has 1 fully saturated rings. The Morgan fingerprint density at radius 3 is 2.81 bits per heavy atom. The van der Waals surface area contributed by atoms with Gasteiger partial charge in [-0.2, -0.15) is 4.98 Å². The molecule has 140 valence electrons. The molecule has 2 aliphatic rings. The van der Waals surface area contributed by atoms with Crippen molar-refractivity contribution in [3.05, 3.63) is 35.7 Å². The first-order valence-corrected chi connectivity index (χ1v) is 9.03. The number of H-pyrrole nitrogens is 1. The number of rotatable bonds is 5. The highest BCUT2D eigenvalue weighted by atomic mass is 16.2. The number of nitrogens with one attached hydrogen (secondary N) is 4. The molecule has 1 saturated carbocycles. The number of anilines is 2. The summed E-state index contributed by atoms with van der Waals surface area (Å²) >= 11 is 0. The van der Waals surface area contributed by atoms with Crippen LogP contribution in [0.15, 0.2) is 24.3 Å². The summed E-state index contributed by atoms with van der Waals surface area (Å²) in [6, 6.07) is 6.00. The lowest BCUT2D eigenvalue weighted by Gasteiger charge is -2.22. The molecule has 1 unspecified atom stereocenters. The van der Waals surface area contributed by atoms with Crippen molar-refractivity contribution >= 4 is 29.4 Å². The Morgan fingerprint density at radius 1 is 1.22 bits per heavy atom. The second kappa shape index (κ2) is 7.18. The topological polar surface area (TPSA) is 129 Å². The van der Waals surface area contributed by atoms with E-state index >= 15 is 0 Å². The third-order valence-corrected chi connectivity index (χ3v) is 4.96. The molecule has 9 heteroatoms. The monoisotopic (exact) mass is 368 g/mol. The SMILES string of the molecule is O=C(CCC1NC(=O)c2ccccc2NC1=O)Nc1n[nH]c(C2CCC2)n1. The fraction of sp³-hybridized carbons (Fsp3) is 0.389. The smallest absolute Gasteiger partial charge is 0.254 e. The van der Waals surface area contributed by atoms with Crippen molar-refractivity contribution in [2.45, 2.75) is 44.1 Å². The molecule has 1 aromatic carbocycles. The van der Waals surface area contributed by atoms with Gasteiger partial charge in [0, 0.05) is 12.3 Å². The second-order valence-electron chi connectivity index (χ2n) is 6.82. The molecule has 1 atom stereocenters. The van der Waals surface area contributed by atoms with Gasteiger partial charge in [0.05, 0.1) is 11.3 Å². The Labute approximate surface area is 155 Å². The normalized spacial score (nSPS) is 19.3. The summed E-state index contributed by atoms with van der Waals surface area (Å²) in [7, 11) is 0. The predicted molar refractivity (Wildman–Crippen MR) is 97.2 cm³/mol. The highest BCUT2D eigenvalue weighted by Crippen LogP contribution is 2.34. The molecule has 0 bridgehead atoms. The van der Waals surface area contributed by atoms with Crippen molar-refractivity contribution in [3.63, 3.8) is 0 Å². The molecule has 27 heavy (non-hydrogen) atoms. The van der Waals surface area contributed by atoms with Crippen molar-refractivity contribution in [1.29, 1.82) is 0 Å². The fourth-order valence-corrected chi connectivity index (χ4v) is 3.17. The standard InChI is InChI=1S/C18H20N6O3/c25-14(21-18-22-15(23-24-18)10-4-3-5-10)9-8-13-17(27)19-12-7-2-1-6-11(12)16(26)20-13/h1-2,6-7,10,13H,3-5,8-9H2,(H,19,27)(H,20,26)(H2,21,22,23,24,25). The first-order chi connectivity index (χ1) is 13.1. The van der Waals surface area contributed by atoms with Gasteiger partial charge < -0.3 is 10.6 Å². The van der Waals surface area contributed by atoms with E-state index in [9.17, 15) is 14.4 Å². The molecular weight excluding hydrogens is 348 g/mol. The summed E-state index contributed by atoms with van der Waals surface area (Å²) in [5.74, 6) is 0.445. The molecule has 0 spiro atoms. The van der Waals surface area contributed by atoms with Crippen molar-refractivity contribution in [1.82, 2.24) is 20.5 Å². The number of hydrogen-bond acceptors (Lipinski definition) is 5. The summed E-state index contributed by atoms with van der Waals surface area (Å²) in [5.41, 5.74) is 0.873. The molecule has 0 radical (unpaired) electrons. The lowest BCUT2D eigenvalue weighted by atomic mass is 9.85. The summed E-state index contributed by atoms with van der Waals surface area (Å²) in [6.45, 7) is 0. The van der Waals surface area contributed by atoms with Crippen LogP contribution in [0.3, 0.4) is 0 Å². The van der Waals surface area contributed by atoms with Gasteiger partial charge in [0.15, 0.2) is 0 Å². The number of para-hydroxylation sites is 1. The van der Waals surface area contributed by atoms with Crippen LogP contribution in [0.4, 0.5) is 11.6 Å². The van der Waals surface area contributed by atoms with Crippen molar-refractivity contribution in [2.24, 2.45) is 0 Å². The predicted octanol–water partition coefficient (Wildman–Crippen LogP) is 1.54. The molecular formula is C18H20N6O3. The maximum Gasteiger partial charge on any atom is 0.254 e. The van der Waals surface area contributed by atoms with Crippen LogP contribution >= 0.6 is 0 Å². The van der Waals surface area contributed by atoms with Crippen LogP contribution < -0.4 is 16.0 Å². The molecule has 4 N–H and O–H groups in total. The number of fused-ring (bicyclic) bond motifs is 1. The lowest BCUT2D eigenvalue weighted by molar-refractivity contribution is -0.118. The zero-order chi connectivity index (χ0) is 18.8. The van der Waals surface area contributed by atoms with Crippen LogP contribution in [0.1, 0.15) is 54.2 Å². The van der Waals surface area contributed by atoms with E-state index in [4.69, 9.17) is 0 Å². The van der Waals surface area contributed by atoms with E-state index in [1.165, 1.54) is 6.42 Å². The Hall–Kier alpha value is -3.23. The molecule has 1 aliphatic heterocycles. The van der Waals surface area contributed by atoms with Crippen LogP contribution in [0.2, 0.25) is 0 Å². The average Bonchev–Trinajstić information content (AvgIpc) is 2.99. The molecule has 9 nitrogen and oxygen atoms in total. The molecule has 1 aliphatic carbocycles. The van der Waals surface area contributed by atoms with Crippen LogP contribution in [-0.4, -0.2) is 38.9 Å². The molecule has 0 saturated heterocycles. The summed E-state index contributed by atoms with van der Waals surface area (Å²) in [4.78, 5) is 41.0. The second-order valence-corrected chi connectivity index (χ2v) is 6.82. The lowest BCUT2D eigenvalue weighted by Crippen LogP contribution is -2.41. The van der Waals surface area contributed by atoms with Gasteiger partial charge in [0.2, 0.25) is 17.8 Å². The van der Waals surface area contributed by atoms with Gasteiger partial charge in [-0.25, -0.2) is 0 Å². The third-order valence-electron chi connectivity index (χ3n) is 4.96. The maximum atomic E-state index is 12.3. The zero-order valence-electron chi connectivity index (χ0n) is 14.6. The Bertz CT molecular complexity index is 889. The number of carbonyl (C=O) groups is 3. The van der Waals surface area contributed by atoms with E-state index in [1.807, 2.05) is 0 Å². The Morgan fingerprint density at radius 2 is 2.04 bits per heavy atom. The maximum absolute atomic E-state index is 12.3. The number of hydrogen-bond donors (Lipinski definition) is 4. The van der Waals surface area contributed by atoms with Crippen LogP contribution in [0.25, 0.3) is 0 Å². The van der Waals surface area contributed by atoms with Gasteiger partial charge >= 0.3 is 0 Å². The third kappa shape index (κ3) is 3.67. The average molecular weight is 368 g/mol. The molecule has 2 heterocycles. The van der Waals surface area contributed by atoms with Crippen molar-refractivity contribution in [3.8, 4) is 0 Å². The molecule has 3 amide bonds. The number of carbonyl (C=O) groups excluding carboxylic acids is 3. The van der Waals surface area contributed by atoms with Gasteiger partial charge in [-0.3, -0.25) is 24.8 Å². The number of benzene rings is 1. The number of aromatic nitrogens is 3. The number of nitrogens with zero attached hydrogens (tertiary/aromatic N) is 2. The van der Waals surface area contributed by atoms with Crippen LogP contribution in [0, 0.1) is 0 Å². The van der Waals surface area contributed by atoms with E-state index in [-0.39, 0.29) is 36.5 Å². The quantitative estimate of drug-likeness (QED) is 0.636. The first-order valence-electron chi connectivity index (χ1n) is 9.03. The van der Waals surface area contributed by atoms with E-state index in [0.29, 0.717) is 17.2 Å². The van der Waals surface area contributed by atoms with Gasteiger partial charge in [0.25, 0.3) is 5.91 Å². The molecule has 1 aromatic heterocycles.